The molecule has 0 aliphatic carbocycles. The summed E-state index contributed by atoms with van der Waals surface area (Å²) in [6.07, 6.45) is 0.979. The molecule has 0 saturated carbocycles. The highest BCUT2D eigenvalue weighted by molar-refractivity contribution is 9.10. The molecule has 5 heterocycles. The summed E-state index contributed by atoms with van der Waals surface area (Å²) in [6, 6.07) is 83.3. The van der Waals surface area contributed by atoms with Gasteiger partial charge in [0, 0.05) is 49.0 Å². The molecule has 3 aliphatic rings. The molecule has 15 rings (SSSR count). The van der Waals surface area contributed by atoms with E-state index in [0.717, 1.165) is 106 Å². The summed E-state index contributed by atoms with van der Waals surface area (Å²) in [7, 11) is 0. The van der Waals surface area contributed by atoms with Crippen molar-refractivity contribution in [1.29, 1.82) is 10.5 Å². The summed E-state index contributed by atoms with van der Waals surface area (Å²) in [6.45, 7) is 15.0. The largest absolute Gasteiger partial charge is 0.457 e. The number of halogens is 2. The monoisotopic (exact) mass is 1260 g/mol. The maximum atomic E-state index is 9.89. The van der Waals surface area contributed by atoms with E-state index in [9.17, 15) is 10.5 Å². The first-order chi connectivity index (χ1) is 43.2. The van der Waals surface area contributed by atoms with Gasteiger partial charge in [-0.05, 0) is 145 Å². The second-order valence-electron chi connectivity index (χ2n) is 20.0. The summed E-state index contributed by atoms with van der Waals surface area (Å²) in [5.74, 6) is 5.03. The number of nitrogens with zero attached hydrogens (tertiary/aromatic N) is 10. The first kappa shape index (κ1) is 55.5. The van der Waals surface area contributed by atoms with Crippen molar-refractivity contribution in [2.24, 2.45) is 0 Å². The Morgan fingerprint density at radius 2 is 0.625 bits per heavy atom. The van der Waals surface area contributed by atoms with E-state index in [4.69, 9.17) is 37.3 Å². The van der Waals surface area contributed by atoms with Crippen molar-refractivity contribution >= 4 is 77.6 Å². The molecule has 0 atom stereocenters. The van der Waals surface area contributed by atoms with Crippen LogP contribution in [0.15, 0.2) is 252 Å². The Morgan fingerprint density at radius 1 is 0.352 bits per heavy atom. The maximum Gasteiger partial charge on any atom is 0.307 e. The molecule has 0 fully saturated rings. The fourth-order valence-corrected chi connectivity index (χ4v) is 11.0. The number of para-hydroxylation sites is 10. The van der Waals surface area contributed by atoms with Gasteiger partial charge in [0.15, 0.2) is 45.8 Å². The maximum absolute atomic E-state index is 9.89. The van der Waals surface area contributed by atoms with Crippen LogP contribution in [0.25, 0.3) is 54.7 Å². The lowest BCUT2D eigenvalue weighted by atomic mass is 10.0. The van der Waals surface area contributed by atoms with Gasteiger partial charge in [-0.15, -0.1) is 9.97 Å². The fraction of sp³-hybridized carbons (Fsp3) is 0.0137. The van der Waals surface area contributed by atoms with Crippen LogP contribution in [-0.4, -0.2) is 19.9 Å². The predicted molar refractivity (Wildman–Crippen MR) is 348 cm³/mol. The number of ether oxygens (including phenoxy) is 3. The molecule has 0 unspecified atom stereocenters. The molecule has 12 aromatic rings. The van der Waals surface area contributed by atoms with Gasteiger partial charge in [0.2, 0.25) is 0 Å². The molecule has 88 heavy (non-hydrogen) atoms. The van der Waals surface area contributed by atoms with Crippen LogP contribution in [0.4, 0.5) is 45.8 Å². The van der Waals surface area contributed by atoms with Crippen molar-refractivity contribution in [2.75, 3.05) is 9.80 Å². The van der Waals surface area contributed by atoms with E-state index in [1.165, 1.54) is 11.1 Å². The number of hydrogen-bond acceptors (Lipinski definition) is 11. The topological polar surface area (TPSA) is 142 Å². The number of fused-ring (bicyclic) bond motifs is 6. The standard InChI is InChI=1S/C42H24N6O2.C18H8Br2N4.C13H10O/c1-44-42-31(26-43)45-40(27-18-22-29(23-19-27)47-32-10-2-6-14-36(32)49-37-15-7-3-11-33(37)47)41(46-42)28-20-24-30(25-21-28)48-34-12-4-8-16-38(34)50-39-17-9-5-13-35(39)48;1-22-18-15(10-21)23-16(11-2-6-13(19)7-3-11)17(24-18)12-4-8-14(20)9-5-12;1-3-7-12-10(5-1)9-11-6-2-4-8-13(11)14-12/h2-25H;2-9H;1-8H,9H2. The van der Waals surface area contributed by atoms with Crippen LogP contribution in [-0.2, 0) is 6.42 Å². The lowest BCUT2D eigenvalue weighted by Crippen LogP contribution is -2.15. The molecule has 416 valence electrons. The van der Waals surface area contributed by atoms with Crippen LogP contribution >= 0.6 is 31.9 Å². The van der Waals surface area contributed by atoms with E-state index in [2.05, 4.69) is 91.7 Å². The minimum Gasteiger partial charge on any atom is -0.457 e. The first-order valence-electron chi connectivity index (χ1n) is 27.5. The van der Waals surface area contributed by atoms with Crippen LogP contribution in [0.2, 0.25) is 0 Å². The molecule has 0 radical (unpaired) electrons. The van der Waals surface area contributed by atoms with Gasteiger partial charge in [-0.1, -0.05) is 154 Å². The Balaban J connectivity index is 0.000000153. The molecule has 0 bridgehead atoms. The van der Waals surface area contributed by atoms with Crippen molar-refractivity contribution in [3.8, 4) is 91.7 Å². The SMILES string of the molecule is [C-]#[N+]c1nc(-c2ccc(Br)cc2)c(-c2ccc(Br)cc2)nc1C#N.[C-]#[N+]c1nc(-c2ccc(N3c4ccccc4Oc4ccccc43)cc2)c(-c2ccc(N3c4ccccc4Oc4ccccc43)cc2)nc1C#N.c1ccc2c(c1)Cc1ccccc1O2. The molecule has 10 aromatic carbocycles. The van der Waals surface area contributed by atoms with E-state index in [1.807, 2.05) is 224 Å². The average Bonchev–Trinajstić information content (AvgIpc) is 1.36. The molecule has 2 aromatic heterocycles. The van der Waals surface area contributed by atoms with Crippen molar-refractivity contribution in [3.63, 3.8) is 0 Å². The van der Waals surface area contributed by atoms with E-state index >= 15 is 0 Å². The fourth-order valence-electron chi connectivity index (χ4n) is 10.5. The summed E-state index contributed by atoms with van der Waals surface area (Å²) in [5.41, 5.74) is 13.5. The van der Waals surface area contributed by atoms with Crippen molar-refractivity contribution in [1.82, 2.24) is 19.9 Å². The highest BCUT2D eigenvalue weighted by Gasteiger charge is 2.29. The number of benzene rings is 10. The Bertz CT molecular complexity index is 4400. The smallest absolute Gasteiger partial charge is 0.307 e. The zero-order chi connectivity index (χ0) is 60.1. The molecule has 0 spiro atoms. The summed E-state index contributed by atoms with van der Waals surface area (Å²) in [4.78, 5) is 29.4. The summed E-state index contributed by atoms with van der Waals surface area (Å²) < 4.78 is 20.1. The zero-order valence-electron chi connectivity index (χ0n) is 46.3. The Kier molecular flexibility index (Phi) is 15.4. The zero-order valence-corrected chi connectivity index (χ0v) is 49.4. The van der Waals surface area contributed by atoms with E-state index < -0.39 is 0 Å². The molecule has 0 N–H and O–H groups in total. The number of hydrogen-bond donors (Lipinski definition) is 0. The van der Waals surface area contributed by atoms with Crippen molar-refractivity contribution in [2.45, 2.75) is 6.42 Å². The van der Waals surface area contributed by atoms with Crippen molar-refractivity contribution in [3.05, 3.63) is 297 Å². The van der Waals surface area contributed by atoms with Gasteiger partial charge in [0.25, 0.3) is 0 Å². The molecule has 0 amide bonds. The number of anilines is 6. The van der Waals surface area contributed by atoms with Gasteiger partial charge in [-0.25, -0.2) is 9.97 Å². The van der Waals surface area contributed by atoms with Crippen LogP contribution < -0.4 is 24.0 Å². The second-order valence-corrected chi connectivity index (χ2v) is 21.8. The highest BCUT2D eigenvalue weighted by atomic mass is 79.9. The molecular formula is C73H42Br2N10O3. The molecule has 3 aliphatic heterocycles. The van der Waals surface area contributed by atoms with E-state index in [-0.39, 0.29) is 23.0 Å². The number of aromatic nitrogens is 4. The minimum absolute atomic E-state index is 0.0104. The van der Waals surface area contributed by atoms with Gasteiger partial charge in [-0.3, -0.25) is 0 Å². The van der Waals surface area contributed by atoms with Crippen LogP contribution in [0.5, 0.6) is 34.5 Å². The lowest BCUT2D eigenvalue weighted by Gasteiger charge is -2.32. The molecule has 15 heteroatoms. The quantitative estimate of drug-likeness (QED) is 0.147. The third-order valence-electron chi connectivity index (χ3n) is 14.6. The van der Waals surface area contributed by atoms with Gasteiger partial charge < -0.3 is 33.7 Å². The van der Waals surface area contributed by atoms with Gasteiger partial charge in [0.05, 0.1) is 22.7 Å². The summed E-state index contributed by atoms with van der Waals surface area (Å²) >= 11 is 6.81. The van der Waals surface area contributed by atoms with E-state index in [0.29, 0.717) is 22.8 Å². The minimum atomic E-state index is -0.0375. The number of nitriles is 2. The Morgan fingerprint density at radius 3 is 0.943 bits per heavy atom. The Hall–Kier alpha value is -11.7. The molecular weight excluding hydrogens is 1220 g/mol. The van der Waals surface area contributed by atoms with Gasteiger partial charge in [-0.2, -0.15) is 10.5 Å². The molecule has 0 saturated heterocycles. The van der Waals surface area contributed by atoms with E-state index in [1.54, 1.807) is 0 Å². The second kappa shape index (κ2) is 24.5. The normalized spacial score (nSPS) is 11.7. The van der Waals surface area contributed by atoms with Crippen LogP contribution in [0.1, 0.15) is 22.5 Å². The summed E-state index contributed by atoms with van der Waals surface area (Å²) in [5, 5.41) is 19.1. The van der Waals surface area contributed by atoms with Crippen molar-refractivity contribution < 1.29 is 14.2 Å². The average molecular weight is 1270 g/mol. The third kappa shape index (κ3) is 11.0. The highest BCUT2D eigenvalue weighted by Crippen LogP contribution is 2.52. The van der Waals surface area contributed by atoms with Crippen LogP contribution in [0, 0.1) is 35.8 Å². The number of rotatable bonds is 6. The van der Waals surface area contributed by atoms with Gasteiger partial charge >= 0.3 is 11.6 Å². The van der Waals surface area contributed by atoms with Crippen LogP contribution in [0.3, 0.4) is 0 Å². The van der Waals surface area contributed by atoms with Gasteiger partial charge in [0.1, 0.15) is 35.0 Å². The molecule has 13 nitrogen and oxygen atoms in total. The first-order valence-corrected chi connectivity index (χ1v) is 29.1. The lowest BCUT2D eigenvalue weighted by molar-refractivity contribution is 0.460. The predicted octanol–water partition coefficient (Wildman–Crippen LogP) is 20.5. The Labute approximate surface area is 523 Å². The third-order valence-corrected chi connectivity index (χ3v) is 15.7.